The second-order valence-corrected chi connectivity index (χ2v) is 4.25. The van der Waals surface area contributed by atoms with Gasteiger partial charge in [0.1, 0.15) is 6.61 Å². The van der Waals surface area contributed by atoms with Crippen molar-refractivity contribution in [1.29, 1.82) is 0 Å². The topological polar surface area (TPSA) is 46.5 Å². The van der Waals surface area contributed by atoms with E-state index in [0.717, 1.165) is 11.6 Å². The summed E-state index contributed by atoms with van der Waals surface area (Å²) < 4.78 is 18.9. The van der Waals surface area contributed by atoms with E-state index in [1.807, 2.05) is 30.3 Å². The molecule has 2 aromatic rings. The minimum atomic E-state index is -1.28. The van der Waals surface area contributed by atoms with Crippen LogP contribution in [0.2, 0.25) is 5.02 Å². The Balaban J connectivity index is 2.17. The summed E-state index contributed by atoms with van der Waals surface area (Å²) in [5.41, 5.74) is 0.589. The summed E-state index contributed by atoms with van der Waals surface area (Å²) in [5.74, 6) is -2.10. The fourth-order valence-electron chi connectivity index (χ4n) is 1.54. The molecule has 0 amide bonds. The lowest BCUT2D eigenvalue weighted by molar-refractivity contribution is 0.0696. The van der Waals surface area contributed by atoms with Gasteiger partial charge in [0.25, 0.3) is 0 Å². The van der Waals surface area contributed by atoms with Gasteiger partial charge < -0.3 is 9.84 Å². The van der Waals surface area contributed by atoms with E-state index in [4.69, 9.17) is 21.4 Å². The van der Waals surface area contributed by atoms with Crippen molar-refractivity contribution in [2.75, 3.05) is 0 Å². The predicted octanol–water partition coefficient (Wildman–Crippen LogP) is 3.76. The second-order valence-electron chi connectivity index (χ2n) is 3.84. The van der Waals surface area contributed by atoms with E-state index in [9.17, 15) is 9.18 Å². The fourth-order valence-corrected chi connectivity index (χ4v) is 1.77. The molecule has 0 aliphatic heterocycles. The van der Waals surface area contributed by atoms with E-state index < -0.39 is 11.8 Å². The van der Waals surface area contributed by atoms with Crippen molar-refractivity contribution in [1.82, 2.24) is 0 Å². The Hall–Kier alpha value is -2.07. The molecular formula is C14H10ClFO3. The highest BCUT2D eigenvalue weighted by Gasteiger charge is 2.14. The molecule has 0 saturated heterocycles. The number of halogens is 2. The SMILES string of the molecule is O=C(O)c1cc(F)c(OCc2ccccc2)cc1Cl. The monoisotopic (exact) mass is 280 g/mol. The molecule has 2 aromatic carbocycles. The summed E-state index contributed by atoms with van der Waals surface area (Å²) in [6, 6.07) is 11.2. The lowest BCUT2D eigenvalue weighted by Crippen LogP contribution is -2.02. The Labute approximate surface area is 114 Å². The molecule has 0 saturated carbocycles. The standard InChI is InChI=1S/C14H10ClFO3/c15-11-7-13(12(16)6-10(11)14(17)18)19-8-9-4-2-1-3-5-9/h1-7H,8H2,(H,17,18). The van der Waals surface area contributed by atoms with Crippen molar-refractivity contribution in [3.05, 3.63) is 64.4 Å². The van der Waals surface area contributed by atoms with Gasteiger partial charge in [0.2, 0.25) is 0 Å². The van der Waals surface area contributed by atoms with Gasteiger partial charge in [0.05, 0.1) is 10.6 Å². The number of benzene rings is 2. The largest absolute Gasteiger partial charge is 0.486 e. The Morgan fingerprint density at radius 3 is 2.58 bits per heavy atom. The number of aromatic carboxylic acids is 1. The van der Waals surface area contributed by atoms with Crippen LogP contribution in [0, 0.1) is 5.82 Å². The van der Waals surface area contributed by atoms with Gasteiger partial charge in [-0.25, -0.2) is 9.18 Å². The van der Waals surface area contributed by atoms with E-state index >= 15 is 0 Å². The zero-order valence-electron chi connectivity index (χ0n) is 9.77. The van der Waals surface area contributed by atoms with Crippen molar-refractivity contribution in [3.8, 4) is 5.75 Å². The van der Waals surface area contributed by atoms with Crippen molar-refractivity contribution >= 4 is 17.6 Å². The molecule has 0 spiro atoms. The fraction of sp³-hybridized carbons (Fsp3) is 0.0714. The lowest BCUT2D eigenvalue weighted by Gasteiger charge is -2.09. The molecule has 0 aliphatic rings. The molecule has 2 rings (SSSR count). The van der Waals surface area contributed by atoms with Crippen LogP contribution in [0.3, 0.4) is 0 Å². The van der Waals surface area contributed by atoms with Gasteiger partial charge in [0.15, 0.2) is 11.6 Å². The van der Waals surface area contributed by atoms with Crippen LogP contribution < -0.4 is 4.74 Å². The first-order valence-corrected chi connectivity index (χ1v) is 5.85. The highest BCUT2D eigenvalue weighted by molar-refractivity contribution is 6.33. The smallest absolute Gasteiger partial charge is 0.337 e. The average molecular weight is 281 g/mol. The molecular weight excluding hydrogens is 271 g/mol. The maximum atomic E-state index is 13.6. The first-order chi connectivity index (χ1) is 9.08. The van der Waals surface area contributed by atoms with Gasteiger partial charge in [-0.2, -0.15) is 0 Å². The van der Waals surface area contributed by atoms with E-state index in [1.165, 1.54) is 6.07 Å². The van der Waals surface area contributed by atoms with E-state index in [0.29, 0.717) is 0 Å². The zero-order valence-corrected chi connectivity index (χ0v) is 10.5. The minimum absolute atomic E-state index is 0.0584. The summed E-state index contributed by atoms with van der Waals surface area (Å²) in [4.78, 5) is 10.8. The van der Waals surface area contributed by atoms with Gasteiger partial charge in [-0.15, -0.1) is 0 Å². The van der Waals surface area contributed by atoms with Gasteiger partial charge in [-0.05, 0) is 11.6 Å². The molecule has 0 aliphatic carbocycles. The zero-order chi connectivity index (χ0) is 13.8. The first-order valence-electron chi connectivity index (χ1n) is 5.47. The molecule has 3 nitrogen and oxygen atoms in total. The molecule has 5 heteroatoms. The summed E-state index contributed by atoms with van der Waals surface area (Å²) in [5, 5.41) is 8.74. The summed E-state index contributed by atoms with van der Waals surface area (Å²) in [6.45, 7) is 0.181. The quantitative estimate of drug-likeness (QED) is 0.927. The van der Waals surface area contributed by atoms with Crippen LogP contribution in [0.15, 0.2) is 42.5 Å². The summed E-state index contributed by atoms with van der Waals surface area (Å²) in [6.07, 6.45) is 0. The molecule has 0 unspecified atom stereocenters. The van der Waals surface area contributed by atoms with Crippen molar-refractivity contribution in [2.24, 2.45) is 0 Å². The maximum absolute atomic E-state index is 13.6. The second kappa shape index (κ2) is 5.71. The average Bonchev–Trinajstić information content (AvgIpc) is 2.40. The predicted molar refractivity (Wildman–Crippen MR) is 69.1 cm³/mol. The summed E-state index contributed by atoms with van der Waals surface area (Å²) >= 11 is 5.75. The third kappa shape index (κ3) is 3.23. The van der Waals surface area contributed by atoms with Crippen LogP contribution in [0.4, 0.5) is 4.39 Å². The number of carboxylic acid groups (broad SMARTS) is 1. The number of carbonyl (C=O) groups is 1. The minimum Gasteiger partial charge on any atom is -0.486 e. The van der Waals surface area contributed by atoms with E-state index in [-0.39, 0.29) is 22.9 Å². The van der Waals surface area contributed by atoms with Crippen LogP contribution in [0.5, 0.6) is 5.75 Å². The molecule has 0 fully saturated rings. The molecule has 0 aromatic heterocycles. The Bertz CT molecular complexity index is 599. The molecule has 0 bridgehead atoms. The van der Waals surface area contributed by atoms with Crippen LogP contribution in [-0.4, -0.2) is 11.1 Å². The maximum Gasteiger partial charge on any atom is 0.337 e. The highest BCUT2D eigenvalue weighted by atomic mass is 35.5. The molecule has 0 radical (unpaired) electrons. The van der Waals surface area contributed by atoms with E-state index in [1.54, 1.807) is 0 Å². The molecule has 98 valence electrons. The number of hydrogen-bond donors (Lipinski definition) is 1. The number of carboxylic acids is 1. The van der Waals surface area contributed by atoms with Crippen molar-refractivity contribution < 1.29 is 19.0 Å². The van der Waals surface area contributed by atoms with Crippen LogP contribution >= 0.6 is 11.6 Å². The Kier molecular flexibility index (Phi) is 4.02. The summed E-state index contributed by atoms with van der Waals surface area (Å²) in [7, 11) is 0. The number of hydrogen-bond acceptors (Lipinski definition) is 2. The lowest BCUT2D eigenvalue weighted by atomic mass is 10.2. The highest BCUT2D eigenvalue weighted by Crippen LogP contribution is 2.27. The van der Waals surface area contributed by atoms with E-state index in [2.05, 4.69) is 0 Å². The Morgan fingerprint density at radius 1 is 1.26 bits per heavy atom. The van der Waals surface area contributed by atoms with Gasteiger partial charge in [0, 0.05) is 6.07 Å². The molecule has 19 heavy (non-hydrogen) atoms. The number of ether oxygens (including phenoxy) is 1. The molecule has 0 heterocycles. The van der Waals surface area contributed by atoms with Crippen LogP contribution in [-0.2, 0) is 6.61 Å². The van der Waals surface area contributed by atoms with Crippen LogP contribution in [0.25, 0.3) is 0 Å². The van der Waals surface area contributed by atoms with Crippen LogP contribution in [0.1, 0.15) is 15.9 Å². The molecule has 0 atom stereocenters. The van der Waals surface area contributed by atoms with Gasteiger partial charge >= 0.3 is 5.97 Å². The third-order valence-corrected chi connectivity index (χ3v) is 2.80. The molecule has 1 N–H and O–H groups in total. The van der Waals surface area contributed by atoms with Gasteiger partial charge in [-0.3, -0.25) is 0 Å². The van der Waals surface area contributed by atoms with Gasteiger partial charge in [-0.1, -0.05) is 41.9 Å². The Morgan fingerprint density at radius 2 is 1.95 bits per heavy atom. The number of rotatable bonds is 4. The van der Waals surface area contributed by atoms with Crippen molar-refractivity contribution in [2.45, 2.75) is 6.61 Å². The third-order valence-electron chi connectivity index (χ3n) is 2.49. The first kappa shape index (κ1) is 13.4. The van der Waals surface area contributed by atoms with Crippen molar-refractivity contribution in [3.63, 3.8) is 0 Å². The normalized spacial score (nSPS) is 10.2.